The fourth-order valence-electron chi connectivity index (χ4n) is 1.59. The van der Waals surface area contributed by atoms with Gasteiger partial charge in [0.25, 0.3) is 0 Å². The Balaban J connectivity index is 2.60. The van der Waals surface area contributed by atoms with Crippen LogP contribution in [0.1, 0.15) is 16.7 Å². The smallest absolute Gasteiger partial charge is 0.124 e. The molecule has 2 rings (SSSR count). The molecule has 0 unspecified atom stereocenters. The first-order valence-electron chi connectivity index (χ1n) is 4.67. The lowest BCUT2D eigenvalue weighted by Gasteiger charge is -2.06. The molecule has 0 saturated heterocycles. The second-order valence-electron chi connectivity index (χ2n) is 3.64. The van der Waals surface area contributed by atoms with Crippen molar-refractivity contribution in [1.29, 1.82) is 0 Å². The molecular formula is C12H13NO. The molecule has 0 aliphatic rings. The second kappa shape index (κ2) is 3.29. The summed E-state index contributed by atoms with van der Waals surface area (Å²) in [5.41, 5.74) is 5.90. The Morgan fingerprint density at radius 3 is 2.36 bits per heavy atom. The van der Waals surface area contributed by atoms with E-state index in [0.29, 0.717) is 0 Å². The Hall–Kier alpha value is -1.57. The highest BCUT2D eigenvalue weighted by molar-refractivity contribution is 5.64. The van der Waals surface area contributed by atoms with Crippen molar-refractivity contribution in [3.05, 3.63) is 41.2 Å². The van der Waals surface area contributed by atoms with Crippen molar-refractivity contribution in [2.24, 2.45) is 0 Å². The van der Waals surface area contributed by atoms with Crippen LogP contribution in [0.3, 0.4) is 0 Å². The summed E-state index contributed by atoms with van der Waals surface area (Å²) in [4.78, 5) is 0. The molecule has 0 radical (unpaired) electrons. The molecule has 0 fully saturated rings. The summed E-state index contributed by atoms with van der Waals surface area (Å²) < 4.78 is 4.84. The zero-order valence-electron chi connectivity index (χ0n) is 8.66. The largest absolute Gasteiger partial charge is 0.364 e. The van der Waals surface area contributed by atoms with Crippen LogP contribution in [-0.2, 0) is 0 Å². The molecule has 14 heavy (non-hydrogen) atoms. The zero-order valence-corrected chi connectivity index (χ0v) is 8.66. The molecule has 2 nitrogen and oxygen atoms in total. The first-order valence-corrected chi connectivity index (χ1v) is 4.67. The Bertz CT molecular complexity index is 444. The van der Waals surface area contributed by atoms with Gasteiger partial charge in [0.15, 0.2) is 0 Å². The first-order chi connectivity index (χ1) is 6.68. The van der Waals surface area contributed by atoms with Gasteiger partial charge in [-0.3, -0.25) is 0 Å². The fourth-order valence-corrected chi connectivity index (χ4v) is 1.59. The van der Waals surface area contributed by atoms with Crippen LogP contribution in [0.4, 0.5) is 0 Å². The van der Waals surface area contributed by atoms with E-state index in [1.807, 2.05) is 6.07 Å². The second-order valence-corrected chi connectivity index (χ2v) is 3.64. The van der Waals surface area contributed by atoms with Crippen LogP contribution >= 0.6 is 0 Å². The number of rotatable bonds is 1. The maximum absolute atomic E-state index is 4.84. The third-order valence-corrected chi connectivity index (χ3v) is 2.55. The van der Waals surface area contributed by atoms with Crippen molar-refractivity contribution in [2.45, 2.75) is 20.8 Å². The Morgan fingerprint density at radius 1 is 1.00 bits per heavy atom. The molecule has 2 aromatic rings. The third-order valence-electron chi connectivity index (χ3n) is 2.55. The van der Waals surface area contributed by atoms with E-state index in [4.69, 9.17) is 4.52 Å². The van der Waals surface area contributed by atoms with E-state index in [2.05, 4.69) is 38.1 Å². The van der Waals surface area contributed by atoms with Crippen LogP contribution in [0.2, 0.25) is 0 Å². The van der Waals surface area contributed by atoms with Gasteiger partial charge in [-0.2, -0.15) is 0 Å². The van der Waals surface area contributed by atoms with E-state index in [1.54, 1.807) is 6.26 Å². The van der Waals surface area contributed by atoms with Crippen LogP contribution < -0.4 is 0 Å². The van der Waals surface area contributed by atoms with E-state index in [9.17, 15) is 0 Å². The number of hydrogen-bond acceptors (Lipinski definition) is 2. The maximum atomic E-state index is 4.84. The Kier molecular flexibility index (Phi) is 2.12. The van der Waals surface area contributed by atoms with Gasteiger partial charge in [-0.15, -0.1) is 0 Å². The third kappa shape index (κ3) is 1.43. The topological polar surface area (TPSA) is 26.0 Å². The van der Waals surface area contributed by atoms with Gasteiger partial charge >= 0.3 is 0 Å². The minimum atomic E-state index is 0.908. The lowest BCUT2D eigenvalue weighted by molar-refractivity contribution is 0.422. The molecule has 1 aromatic carbocycles. The summed E-state index contributed by atoms with van der Waals surface area (Å²) in [5, 5.41) is 3.94. The highest BCUT2D eigenvalue weighted by atomic mass is 16.5. The molecule has 72 valence electrons. The molecule has 0 saturated carbocycles. The zero-order chi connectivity index (χ0) is 10.1. The molecule has 1 heterocycles. The predicted molar refractivity (Wildman–Crippen MR) is 56.2 cm³/mol. The van der Waals surface area contributed by atoms with Crippen LogP contribution in [0, 0.1) is 20.8 Å². The fraction of sp³-hybridized carbons (Fsp3) is 0.250. The number of hydrogen-bond donors (Lipinski definition) is 0. The number of aromatic nitrogens is 1. The highest BCUT2D eigenvalue weighted by Crippen LogP contribution is 2.24. The van der Waals surface area contributed by atoms with E-state index in [-0.39, 0.29) is 0 Å². The predicted octanol–water partition coefficient (Wildman–Crippen LogP) is 3.27. The quantitative estimate of drug-likeness (QED) is 0.684. The highest BCUT2D eigenvalue weighted by Gasteiger charge is 2.06. The molecule has 2 heteroatoms. The summed E-state index contributed by atoms with van der Waals surface area (Å²) in [5.74, 6) is 0. The van der Waals surface area contributed by atoms with Crippen LogP contribution in [0.25, 0.3) is 11.3 Å². The van der Waals surface area contributed by atoms with Crippen molar-refractivity contribution in [1.82, 2.24) is 5.16 Å². The van der Waals surface area contributed by atoms with E-state index < -0.39 is 0 Å². The molecule has 0 bridgehead atoms. The van der Waals surface area contributed by atoms with Crippen LogP contribution in [0.5, 0.6) is 0 Å². The van der Waals surface area contributed by atoms with E-state index in [1.165, 1.54) is 16.7 Å². The standard InChI is InChI=1S/C12H13NO/c1-8-6-10(3)11(7-9(8)2)12-4-5-14-13-12/h4-7H,1-3H3. The maximum Gasteiger partial charge on any atom is 0.124 e. The summed E-state index contributed by atoms with van der Waals surface area (Å²) >= 11 is 0. The summed E-state index contributed by atoms with van der Waals surface area (Å²) in [6.07, 6.45) is 1.60. The molecule has 1 aromatic heterocycles. The van der Waals surface area contributed by atoms with Crippen LogP contribution in [0.15, 0.2) is 29.0 Å². The minimum absolute atomic E-state index is 0.908. The van der Waals surface area contributed by atoms with Crippen molar-refractivity contribution < 1.29 is 4.52 Å². The monoisotopic (exact) mass is 187 g/mol. The van der Waals surface area contributed by atoms with E-state index in [0.717, 1.165) is 11.3 Å². The summed E-state index contributed by atoms with van der Waals surface area (Å²) in [7, 11) is 0. The molecule has 0 aliphatic carbocycles. The number of nitrogens with zero attached hydrogens (tertiary/aromatic N) is 1. The van der Waals surface area contributed by atoms with Gasteiger partial charge < -0.3 is 4.52 Å². The summed E-state index contributed by atoms with van der Waals surface area (Å²) in [6.45, 7) is 6.32. The number of benzene rings is 1. The molecule has 0 amide bonds. The van der Waals surface area contributed by atoms with Gasteiger partial charge in [-0.05, 0) is 43.5 Å². The molecule has 0 aliphatic heterocycles. The lowest BCUT2D eigenvalue weighted by Crippen LogP contribution is -1.88. The average molecular weight is 187 g/mol. The van der Waals surface area contributed by atoms with Crippen molar-refractivity contribution in [2.75, 3.05) is 0 Å². The van der Waals surface area contributed by atoms with Gasteiger partial charge in [0.1, 0.15) is 12.0 Å². The van der Waals surface area contributed by atoms with Crippen molar-refractivity contribution in [3.8, 4) is 11.3 Å². The molecule has 0 spiro atoms. The Morgan fingerprint density at radius 2 is 1.71 bits per heavy atom. The van der Waals surface area contributed by atoms with Gasteiger partial charge in [0, 0.05) is 11.6 Å². The number of aryl methyl sites for hydroxylation is 3. The van der Waals surface area contributed by atoms with Crippen molar-refractivity contribution in [3.63, 3.8) is 0 Å². The van der Waals surface area contributed by atoms with Crippen molar-refractivity contribution >= 4 is 0 Å². The average Bonchev–Trinajstić information content (AvgIpc) is 2.64. The lowest BCUT2D eigenvalue weighted by atomic mass is 9.99. The molecule has 0 atom stereocenters. The Labute approximate surface area is 83.5 Å². The molecule has 0 N–H and O–H groups in total. The van der Waals surface area contributed by atoms with E-state index >= 15 is 0 Å². The first kappa shape index (κ1) is 9.00. The van der Waals surface area contributed by atoms with Gasteiger partial charge in [0.2, 0.25) is 0 Å². The molecular weight excluding hydrogens is 174 g/mol. The van der Waals surface area contributed by atoms with Gasteiger partial charge in [-0.1, -0.05) is 11.2 Å². The van der Waals surface area contributed by atoms with Gasteiger partial charge in [0.05, 0.1) is 0 Å². The SMILES string of the molecule is Cc1cc(C)c(-c2ccon2)cc1C. The van der Waals surface area contributed by atoms with Gasteiger partial charge in [-0.25, -0.2) is 0 Å². The normalized spacial score (nSPS) is 10.5. The minimum Gasteiger partial charge on any atom is -0.364 e. The summed E-state index contributed by atoms with van der Waals surface area (Å²) in [6, 6.07) is 6.22. The van der Waals surface area contributed by atoms with Crippen LogP contribution in [-0.4, -0.2) is 5.16 Å².